The highest BCUT2D eigenvalue weighted by Gasteiger charge is 2.29. The van der Waals surface area contributed by atoms with Crippen LogP contribution in [0, 0.1) is 5.92 Å². The van der Waals surface area contributed by atoms with Crippen LogP contribution in [0.25, 0.3) is 0 Å². The van der Waals surface area contributed by atoms with E-state index < -0.39 is 0 Å². The Morgan fingerprint density at radius 1 is 1.26 bits per heavy atom. The van der Waals surface area contributed by atoms with Gasteiger partial charge in [-0.25, -0.2) is 0 Å². The van der Waals surface area contributed by atoms with Crippen molar-refractivity contribution in [3.05, 3.63) is 35.9 Å². The molecule has 27 heavy (non-hydrogen) atoms. The van der Waals surface area contributed by atoms with Crippen molar-refractivity contribution in [1.82, 2.24) is 15.5 Å². The molecule has 3 unspecified atom stereocenters. The zero-order chi connectivity index (χ0) is 19.5. The van der Waals surface area contributed by atoms with Crippen LogP contribution in [0.3, 0.4) is 0 Å². The molecule has 1 saturated heterocycles. The van der Waals surface area contributed by atoms with Crippen LogP contribution in [0.15, 0.2) is 35.3 Å². The topological polar surface area (TPSA) is 59.9 Å². The maximum absolute atomic E-state index is 9.26. The summed E-state index contributed by atoms with van der Waals surface area (Å²) in [6.07, 6.45) is 4.22. The van der Waals surface area contributed by atoms with Gasteiger partial charge in [0.05, 0.1) is 0 Å². The number of likely N-dealkylation sites (tertiary alicyclic amines) is 1. The highest BCUT2D eigenvalue weighted by Crippen LogP contribution is 2.20. The van der Waals surface area contributed by atoms with E-state index in [-0.39, 0.29) is 6.61 Å². The molecular weight excluding hydrogens is 336 g/mol. The third kappa shape index (κ3) is 7.51. The van der Waals surface area contributed by atoms with Crippen LogP contribution in [0.2, 0.25) is 0 Å². The van der Waals surface area contributed by atoms with Gasteiger partial charge in [-0.15, -0.1) is 0 Å². The Bertz CT molecular complexity index is 543. The van der Waals surface area contributed by atoms with Gasteiger partial charge in [0.1, 0.15) is 0 Å². The Balaban J connectivity index is 1.90. The Morgan fingerprint density at radius 3 is 2.70 bits per heavy atom. The molecular formula is C22H38N4O. The first-order valence-corrected chi connectivity index (χ1v) is 10.6. The van der Waals surface area contributed by atoms with Gasteiger partial charge in [0.15, 0.2) is 5.96 Å². The van der Waals surface area contributed by atoms with E-state index in [1.165, 1.54) is 5.56 Å². The number of guanidine groups is 1. The molecule has 152 valence electrons. The molecule has 1 aromatic carbocycles. The Kier molecular flexibility index (Phi) is 9.64. The monoisotopic (exact) mass is 374 g/mol. The molecule has 2 rings (SSSR count). The standard InChI is InChI=1S/C22H38N4O/c1-4-9-19(12-13-27)15-24-22(23-5-2)25-21-14-18(3)26(17-21)16-20-10-7-6-8-11-20/h6-8,10-11,18-19,21,27H,4-5,9,12-17H2,1-3H3,(H2,23,24,25). The van der Waals surface area contributed by atoms with Crippen molar-refractivity contribution in [3.8, 4) is 0 Å². The Morgan fingerprint density at radius 2 is 2.04 bits per heavy atom. The number of hydrogen-bond acceptors (Lipinski definition) is 3. The van der Waals surface area contributed by atoms with Crippen LogP contribution < -0.4 is 10.6 Å². The summed E-state index contributed by atoms with van der Waals surface area (Å²) in [7, 11) is 0. The van der Waals surface area contributed by atoms with Crippen LogP contribution in [-0.2, 0) is 6.54 Å². The van der Waals surface area contributed by atoms with Crippen LogP contribution in [0.5, 0.6) is 0 Å². The maximum Gasteiger partial charge on any atom is 0.191 e. The number of nitrogens with zero attached hydrogens (tertiary/aromatic N) is 2. The third-order valence-corrected chi connectivity index (χ3v) is 5.36. The fourth-order valence-electron chi connectivity index (χ4n) is 3.89. The van der Waals surface area contributed by atoms with Crippen LogP contribution in [0.4, 0.5) is 0 Å². The van der Waals surface area contributed by atoms with Gasteiger partial charge in [-0.05, 0) is 44.6 Å². The third-order valence-electron chi connectivity index (χ3n) is 5.36. The molecule has 0 spiro atoms. The summed E-state index contributed by atoms with van der Waals surface area (Å²) in [6, 6.07) is 11.7. The first-order valence-electron chi connectivity index (χ1n) is 10.6. The lowest BCUT2D eigenvalue weighted by Crippen LogP contribution is -2.44. The van der Waals surface area contributed by atoms with Crippen LogP contribution in [0.1, 0.15) is 52.0 Å². The minimum Gasteiger partial charge on any atom is -0.396 e. The molecule has 5 heteroatoms. The SMILES string of the molecule is CCCC(CCO)CN=C(NCC)NC1CC(C)N(Cc2ccccc2)C1. The van der Waals surface area contributed by atoms with E-state index in [0.717, 1.165) is 57.8 Å². The van der Waals surface area contributed by atoms with E-state index in [9.17, 15) is 5.11 Å². The molecule has 0 saturated carbocycles. The maximum atomic E-state index is 9.26. The first kappa shape index (κ1) is 21.7. The van der Waals surface area contributed by atoms with E-state index in [4.69, 9.17) is 4.99 Å². The average Bonchev–Trinajstić information content (AvgIpc) is 3.00. The number of nitrogens with one attached hydrogen (secondary N) is 2. The van der Waals surface area contributed by atoms with Crippen molar-refractivity contribution in [2.45, 2.75) is 65.1 Å². The largest absolute Gasteiger partial charge is 0.396 e. The Hall–Kier alpha value is -1.59. The zero-order valence-electron chi connectivity index (χ0n) is 17.3. The van der Waals surface area contributed by atoms with Gasteiger partial charge in [0.2, 0.25) is 0 Å². The summed E-state index contributed by atoms with van der Waals surface area (Å²) < 4.78 is 0. The summed E-state index contributed by atoms with van der Waals surface area (Å²) in [5, 5.41) is 16.3. The molecule has 1 aromatic rings. The summed E-state index contributed by atoms with van der Waals surface area (Å²) in [4.78, 5) is 7.36. The van der Waals surface area contributed by atoms with Gasteiger partial charge in [-0.3, -0.25) is 9.89 Å². The quantitative estimate of drug-likeness (QED) is 0.435. The predicted octanol–water partition coefficient (Wildman–Crippen LogP) is 3.00. The van der Waals surface area contributed by atoms with Gasteiger partial charge in [-0.1, -0.05) is 43.7 Å². The highest BCUT2D eigenvalue weighted by atomic mass is 16.3. The Labute approximate surface area is 165 Å². The molecule has 0 aromatic heterocycles. The normalized spacial score (nSPS) is 22.0. The number of aliphatic imine (C=N–C) groups is 1. The van der Waals surface area contributed by atoms with Crippen molar-refractivity contribution in [2.24, 2.45) is 10.9 Å². The van der Waals surface area contributed by atoms with E-state index in [1.54, 1.807) is 0 Å². The molecule has 0 aliphatic carbocycles. The van der Waals surface area contributed by atoms with Crippen molar-refractivity contribution in [3.63, 3.8) is 0 Å². The van der Waals surface area contributed by atoms with Crippen molar-refractivity contribution in [1.29, 1.82) is 0 Å². The molecule has 1 aliphatic heterocycles. The second kappa shape index (κ2) is 12.0. The van der Waals surface area contributed by atoms with Gasteiger partial charge < -0.3 is 15.7 Å². The molecule has 3 atom stereocenters. The summed E-state index contributed by atoms with van der Waals surface area (Å²) in [5.41, 5.74) is 1.37. The number of aliphatic hydroxyl groups is 1. The summed E-state index contributed by atoms with van der Waals surface area (Å²) in [6.45, 7) is 10.5. The van der Waals surface area contributed by atoms with Gasteiger partial charge >= 0.3 is 0 Å². The van der Waals surface area contributed by atoms with Crippen LogP contribution in [-0.4, -0.2) is 54.3 Å². The molecule has 3 N–H and O–H groups in total. The van der Waals surface area contributed by atoms with Gasteiger partial charge in [0.25, 0.3) is 0 Å². The predicted molar refractivity (Wildman–Crippen MR) is 114 cm³/mol. The average molecular weight is 375 g/mol. The van der Waals surface area contributed by atoms with E-state index in [0.29, 0.717) is 18.0 Å². The first-order chi connectivity index (χ1) is 13.2. The second-order valence-electron chi connectivity index (χ2n) is 7.73. The lowest BCUT2D eigenvalue weighted by molar-refractivity contribution is 0.253. The smallest absolute Gasteiger partial charge is 0.191 e. The van der Waals surface area contributed by atoms with Gasteiger partial charge in [0, 0.05) is 44.9 Å². The number of rotatable bonds is 10. The minimum atomic E-state index is 0.249. The van der Waals surface area contributed by atoms with Crippen molar-refractivity contribution < 1.29 is 5.11 Å². The molecule has 1 heterocycles. The van der Waals surface area contributed by atoms with Gasteiger partial charge in [-0.2, -0.15) is 0 Å². The molecule has 0 amide bonds. The lowest BCUT2D eigenvalue weighted by atomic mass is 10.0. The summed E-state index contributed by atoms with van der Waals surface area (Å²) in [5.74, 6) is 1.38. The summed E-state index contributed by atoms with van der Waals surface area (Å²) >= 11 is 0. The number of aliphatic hydroxyl groups excluding tert-OH is 1. The second-order valence-corrected chi connectivity index (χ2v) is 7.73. The van der Waals surface area contributed by atoms with Crippen LogP contribution >= 0.6 is 0 Å². The highest BCUT2D eigenvalue weighted by molar-refractivity contribution is 5.80. The van der Waals surface area contributed by atoms with E-state index in [1.807, 2.05) is 0 Å². The van der Waals surface area contributed by atoms with E-state index in [2.05, 4.69) is 66.6 Å². The molecule has 1 aliphatic rings. The zero-order valence-corrected chi connectivity index (χ0v) is 17.3. The van der Waals surface area contributed by atoms with Crippen molar-refractivity contribution >= 4 is 5.96 Å². The molecule has 0 bridgehead atoms. The van der Waals surface area contributed by atoms with Crippen molar-refractivity contribution in [2.75, 3.05) is 26.2 Å². The lowest BCUT2D eigenvalue weighted by Gasteiger charge is -2.21. The molecule has 5 nitrogen and oxygen atoms in total. The minimum absolute atomic E-state index is 0.249. The number of benzene rings is 1. The fourth-order valence-corrected chi connectivity index (χ4v) is 3.89. The molecule has 0 radical (unpaired) electrons. The fraction of sp³-hybridized carbons (Fsp3) is 0.682. The van der Waals surface area contributed by atoms with E-state index >= 15 is 0 Å². The number of hydrogen-bond donors (Lipinski definition) is 3. The molecule has 1 fully saturated rings.